The molecule has 1 N–H and O–H groups in total. The van der Waals surface area contributed by atoms with Crippen LogP contribution in [0.3, 0.4) is 0 Å². The molecule has 1 aliphatic heterocycles. The molecule has 0 radical (unpaired) electrons. The van der Waals surface area contributed by atoms with Crippen LogP contribution >= 0.6 is 0 Å². The predicted molar refractivity (Wildman–Crippen MR) is 79.9 cm³/mol. The average molecular weight is 263 g/mol. The third-order valence-electron chi connectivity index (χ3n) is 3.62. The molecule has 0 atom stereocenters. The van der Waals surface area contributed by atoms with Gasteiger partial charge in [-0.05, 0) is 19.9 Å². The molecule has 0 aromatic carbocycles. The highest BCUT2D eigenvalue weighted by atomic mass is 15.3. The minimum absolute atomic E-state index is 0.964. The maximum absolute atomic E-state index is 4.52. The molecule has 5 nitrogen and oxygen atoms in total. The van der Waals surface area contributed by atoms with Crippen molar-refractivity contribution < 1.29 is 0 Å². The maximum Gasteiger partial charge on any atom is 0.137 e. The molecule has 19 heavy (non-hydrogen) atoms. The van der Waals surface area contributed by atoms with Crippen molar-refractivity contribution in [2.24, 2.45) is 0 Å². The zero-order valence-corrected chi connectivity index (χ0v) is 12.3. The largest absolute Gasteiger partial charge is 0.370 e. The zero-order valence-electron chi connectivity index (χ0n) is 12.3. The molecule has 0 unspecified atom stereocenters. The number of hydrogen-bond donors (Lipinski definition) is 1. The van der Waals surface area contributed by atoms with Gasteiger partial charge in [-0.1, -0.05) is 13.8 Å². The van der Waals surface area contributed by atoms with E-state index in [2.05, 4.69) is 46.0 Å². The molecule has 1 saturated heterocycles. The standard InChI is InChI=1S/C14H25N5/c1-4-6-15-13-12(5-2)14(17-11-16-13)19-9-7-18(3)8-10-19/h11H,4-10H2,1-3H3,(H,15,16,17). The van der Waals surface area contributed by atoms with Crippen LogP contribution in [0, 0.1) is 0 Å². The highest BCUT2D eigenvalue weighted by Crippen LogP contribution is 2.24. The smallest absolute Gasteiger partial charge is 0.137 e. The van der Waals surface area contributed by atoms with E-state index in [1.54, 1.807) is 6.33 Å². The number of hydrogen-bond acceptors (Lipinski definition) is 5. The van der Waals surface area contributed by atoms with Crippen LogP contribution in [0.4, 0.5) is 11.6 Å². The molecule has 106 valence electrons. The Morgan fingerprint density at radius 2 is 1.89 bits per heavy atom. The molecule has 0 amide bonds. The van der Waals surface area contributed by atoms with E-state index < -0.39 is 0 Å². The van der Waals surface area contributed by atoms with Crippen molar-refractivity contribution in [2.75, 3.05) is 50.0 Å². The number of anilines is 2. The molecule has 0 bridgehead atoms. The summed E-state index contributed by atoms with van der Waals surface area (Å²) < 4.78 is 0. The Morgan fingerprint density at radius 3 is 2.53 bits per heavy atom. The minimum Gasteiger partial charge on any atom is -0.370 e. The third kappa shape index (κ3) is 3.35. The van der Waals surface area contributed by atoms with Gasteiger partial charge in [0.25, 0.3) is 0 Å². The fraction of sp³-hybridized carbons (Fsp3) is 0.714. The summed E-state index contributed by atoms with van der Waals surface area (Å²) >= 11 is 0. The zero-order chi connectivity index (χ0) is 13.7. The Hall–Kier alpha value is -1.36. The Bertz CT molecular complexity index is 399. The second-order valence-corrected chi connectivity index (χ2v) is 5.10. The molecule has 2 rings (SSSR count). The number of nitrogens with zero attached hydrogens (tertiary/aromatic N) is 4. The molecule has 1 aromatic heterocycles. The van der Waals surface area contributed by atoms with E-state index in [0.29, 0.717) is 0 Å². The SMILES string of the molecule is CCCNc1ncnc(N2CCN(C)CC2)c1CC. The molecule has 1 fully saturated rings. The molecule has 0 aliphatic carbocycles. The lowest BCUT2D eigenvalue weighted by Crippen LogP contribution is -2.45. The first-order valence-corrected chi connectivity index (χ1v) is 7.27. The summed E-state index contributed by atoms with van der Waals surface area (Å²) in [5.74, 6) is 2.12. The van der Waals surface area contributed by atoms with Crippen LogP contribution in [-0.4, -0.2) is 54.6 Å². The van der Waals surface area contributed by atoms with Gasteiger partial charge in [0.05, 0.1) is 0 Å². The number of aromatic nitrogens is 2. The molecule has 2 heterocycles. The lowest BCUT2D eigenvalue weighted by atomic mass is 10.2. The highest BCUT2D eigenvalue weighted by Gasteiger charge is 2.19. The topological polar surface area (TPSA) is 44.3 Å². The summed E-state index contributed by atoms with van der Waals surface area (Å²) in [6.45, 7) is 9.61. The number of likely N-dealkylation sites (N-methyl/N-ethyl adjacent to an activating group) is 1. The molecule has 1 aromatic rings. The molecule has 1 aliphatic rings. The summed E-state index contributed by atoms with van der Waals surface area (Å²) in [7, 11) is 2.17. The average Bonchev–Trinajstić information content (AvgIpc) is 2.45. The van der Waals surface area contributed by atoms with Crippen molar-refractivity contribution in [3.63, 3.8) is 0 Å². The fourth-order valence-electron chi connectivity index (χ4n) is 2.42. The summed E-state index contributed by atoms with van der Waals surface area (Å²) in [5.41, 5.74) is 1.25. The second kappa shape index (κ2) is 6.70. The van der Waals surface area contributed by atoms with Crippen LogP contribution in [0.25, 0.3) is 0 Å². The Balaban J connectivity index is 2.19. The van der Waals surface area contributed by atoms with Gasteiger partial charge in [-0.15, -0.1) is 0 Å². The van der Waals surface area contributed by atoms with E-state index in [-0.39, 0.29) is 0 Å². The minimum atomic E-state index is 0.964. The van der Waals surface area contributed by atoms with Gasteiger partial charge in [-0.2, -0.15) is 0 Å². The Labute approximate surface area is 116 Å². The van der Waals surface area contributed by atoms with Crippen molar-refractivity contribution in [1.29, 1.82) is 0 Å². The first-order valence-electron chi connectivity index (χ1n) is 7.27. The predicted octanol–water partition coefficient (Wildman–Crippen LogP) is 1.61. The van der Waals surface area contributed by atoms with Gasteiger partial charge in [-0.3, -0.25) is 0 Å². The van der Waals surface area contributed by atoms with Gasteiger partial charge in [0, 0.05) is 38.3 Å². The van der Waals surface area contributed by atoms with Crippen LogP contribution < -0.4 is 10.2 Å². The summed E-state index contributed by atoms with van der Waals surface area (Å²) in [5, 5.41) is 3.41. The molecule has 0 saturated carbocycles. The monoisotopic (exact) mass is 263 g/mol. The van der Waals surface area contributed by atoms with Crippen molar-refractivity contribution in [1.82, 2.24) is 14.9 Å². The summed E-state index contributed by atoms with van der Waals surface area (Å²) in [6.07, 6.45) is 3.76. The molecular formula is C14H25N5. The molecular weight excluding hydrogens is 238 g/mol. The first kappa shape index (κ1) is 14.1. The van der Waals surface area contributed by atoms with Crippen LogP contribution in [-0.2, 0) is 6.42 Å². The summed E-state index contributed by atoms with van der Waals surface area (Å²) in [4.78, 5) is 13.7. The van der Waals surface area contributed by atoms with E-state index >= 15 is 0 Å². The van der Waals surface area contributed by atoms with Gasteiger partial charge in [0.2, 0.25) is 0 Å². The second-order valence-electron chi connectivity index (χ2n) is 5.10. The fourth-order valence-corrected chi connectivity index (χ4v) is 2.42. The lowest BCUT2D eigenvalue weighted by Gasteiger charge is -2.34. The van der Waals surface area contributed by atoms with E-state index in [0.717, 1.165) is 57.2 Å². The Morgan fingerprint density at radius 1 is 1.16 bits per heavy atom. The quantitative estimate of drug-likeness (QED) is 0.874. The van der Waals surface area contributed by atoms with E-state index in [9.17, 15) is 0 Å². The van der Waals surface area contributed by atoms with Gasteiger partial charge < -0.3 is 15.1 Å². The normalized spacial score (nSPS) is 16.7. The number of nitrogens with one attached hydrogen (secondary N) is 1. The maximum atomic E-state index is 4.52. The number of rotatable bonds is 5. The van der Waals surface area contributed by atoms with Crippen molar-refractivity contribution >= 4 is 11.6 Å². The van der Waals surface area contributed by atoms with Gasteiger partial charge in [-0.25, -0.2) is 9.97 Å². The highest BCUT2D eigenvalue weighted by molar-refractivity contribution is 5.59. The van der Waals surface area contributed by atoms with Crippen molar-refractivity contribution in [2.45, 2.75) is 26.7 Å². The number of piperazine rings is 1. The van der Waals surface area contributed by atoms with Gasteiger partial charge in [0.15, 0.2) is 0 Å². The molecule has 0 spiro atoms. The Kier molecular flexibility index (Phi) is 4.96. The van der Waals surface area contributed by atoms with Gasteiger partial charge >= 0.3 is 0 Å². The summed E-state index contributed by atoms with van der Waals surface area (Å²) in [6, 6.07) is 0. The van der Waals surface area contributed by atoms with E-state index in [1.807, 2.05) is 0 Å². The van der Waals surface area contributed by atoms with Crippen molar-refractivity contribution in [3.8, 4) is 0 Å². The van der Waals surface area contributed by atoms with Crippen molar-refractivity contribution in [3.05, 3.63) is 11.9 Å². The van der Waals surface area contributed by atoms with Crippen LogP contribution in [0.15, 0.2) is 6.33 Å². The van der Waals surface area contributed by atoms with Gasteiger partial charge in [0.1, 0.15) is 18.0 Å². The van der Waals surface area contributed by atoms with E-state index in [1.165, 1.54) is 5.56 Å². The van der Waals surface area contributed by atoms with E-state index in [4.69, 9.17) is 0 Å². The van der Waals surface area contributed by atoms with Crippen LogP contribution in [0.5, 0.6) is 0 Å². The van der Waals surface area contributed by atoms with Crippen LogP contribution in [0.2, 0.25) is 0 Å². The molecule has 5 heteroatoms. The first-order chi connectivity index (χ1) is 9.26. The van der Waals surface area contributed by atoms with Crippen LogP contribution in [0.1, 0.15) is 25.8 Å². The lowest BCUT2D eigenvalue weighted by molar-refractivity contribution is 0.312. The third-order valence-corrected chi connectivity index (χ3v) is 3.62.